The summed E-state index contributed by atoms with van der Waals surface area (Å²) in [6.07, 6.45) is 6.41. The zero-order valence-electron chi connectivity index (χ0n) is 15.1. The lowest BCUT2D eigenvalue weighted by atomic mass is 10.2. The molecule has 0 atom stereocenters. The van der Waals surface area contributed by atoms with E-state index in [9.17, 15) is 4.79 Å². The van der Waals surface area contributed by atoms with Gasteiger partial charge in [-0.2, -0.15) is 0 Å². The molecule has 1 amide bonds. The van der Waals surface area contributed by atoms with Gasteiger partial charge in [0.05, 0.1) is 23.6 Å². The fourth-order valence-electron chi connectivity index (χ4n) is 3.09. The number of pyridine rings is 1. The van der Waals surface area contributed by atoms with Crippen molar-refractivity contribution in [2.24, 2.45) is 0 Å². The number of hydrogen-bond acceptors (Lipinski definition) is 6. The Bertz CT molecular complexity index is 942. The van der Waals surface area contributed by atoms with Gasteiger partial charge in [-0.15, -0.1) is 0 Å². The van der Waals surface area contributed by atoms with Crippen molar-refractivity contribution in [3.05, 3.63) is 71.2 Å². The number of para-hydroxylation sites is 1. The number of piperazine rings is 1. The molecule has 0 spiro atoms. The molecule has 142 valence electrons. The molecule has 0 saturated carbocycles. The van der Waals surface area contributed by atoms with Crippen LogP contribution in [0.2, 0.25) is 0 Å². The van der Waals surface area contributed by atoms with E-state index < -0.39 is 0 Å². The van der Waals surface area contributed by atoms with Gasteiger partial charge in [0, 0.05) is 48.7 Å². The van der Waals surface area contributed by atoms with Crippen molar-refractivity contribution >= 4 is 39.2 Å². The molecule has 1 aliphatic rings. The predicted molar refractivity (Wildman–Crippen MR) is 113 cm³/mol. The van der Waals surface area contributed by atoms with Gasteiger partial charge in [-0.3, -0.25) is 9.78 Å². The molecule has 4 rings (SSSR count). The van der Waals surface area contributed by atoms with E-state index >= 15 is 0 Å². The first kappa shape index (κ1) is 18.4. The van der Waals surface area contributed by atoms with Crippen LogP contribution in [0.15, 0.2) is 65.7 Å². The normalized spacial score (nSPS) is 14.0. The largest absolute Gasteiger partial charge is 0.368 e. The first-order valence-corrected chi connectivity index (χ1v) is 9.77. The second-order valence-corrected chi connectivity index (χ2v) is 7.34. The van der Waals surface area contributed by atoms with Gasteiger partial charge >= 0.3 is 0 Å². The van der Waals surface area contributed by atoms with Crippen LogP contribution < -0.4 is 15.1 Å². The fourth-order valence-corrected chi connectivity index (χ4v) is 3.46. The molecular weight excluding hydrogens is 420 g/mol. The number of carbonyl (C=O) groups excluding carboxylic acids is 1. The molecule has 1 aromatic carbocycles. The number of halogens is 1. The van der Waals surface area contributed by atoms with Crippen molar-refractivity contribution in [3.8, 4) is 0 Å². The molecular formula is C20H19BrN6O. The van der Waals surface area contributed by atoms with Crippen LogP contribution in [0, 0.1) is 0 Å². The molecule has 8 heteroatoms. The van der Waals surface area contributed by atoms with Crippen LogP contribution in [0.5, 0.6) is 0 Å². The summed E-state index contributed by atoms with van der Waals surface area (Å²) in [5, 5.41) is 2.79. The van der Waals surface area contributed by atoms with Gasteiger partial charge in [-0.05, 0) is 34.1 Å². The van der Waals surface area contributed by atoms with Crippen LogP contribution in [0.25, 0.3) is 0 Å². The molecule has 1 N–H and O–H groups in total. The topological polar surface area (TPSA) is 74.2 Å². The van der Waals surface area contributed by atoms with E-state index in [4.69, 9.17) is 0 Å². The van der Waals surface area contributed by atoms with Gasteiger partial charge in [0.2, 0.25) is 5.95 Å². The standard InChI is InChI=1S/C20H19BrN6O/c21-16-10-15(11-22-12-16)19(28)25-17-13-23-20(24-14-17)27-8-6-26(7-9-27)18-4-2-1-3-5-18/h1-5,10-14H,6-9H2,(H,25,28). The van der Waals surface area contributed by atoms with E-state index in [2.05, 4.69) is 70.3 Å². The smallest absolute Gasteiger partial charge is 0.257 e. The summed E-state index contributed by atoms with van der Waals surface area (Å²) in [5.41, 5.74) is 2.26. The van der Waals surface area contributed by atoms with Gasteiger partial charge in [0.25, 0.3) is 5.91 Å². The van der Waals surface area contributed by atoms with Crippen LogP contribution in [-0.4, -0.2) is 47.0 Å². The van der Waals surface area contributed by atoms with E-state index in [0.717, 1.165) is 30.7 Å². The van der Waals surface area contributed by atoms with Crippen molar-refractivity contribution in [3.63, 3.8) is 0 Å². The quantitative estimate of drug-likeness (QED) is 0.673. The van der Waals surface area contributed by atoms with Crippen LogP contribution in [0.1, 0.15) is 10.4 Å². The average Bonchev–Trinajstić information content (AvgIpc) is 2.75. The van der Waals surface area contributed by atoms with E-state index in [1.807, 2.05) is 6.07 Å². The molecule has 2 aromatic heterocycles. The third-order valence-electron chi connectivity index (χ3n) is 4.55. The Morgan fingerprint density at radius 2 is 1.61 bits per heavy atom. The highest BCUT2D eigenvalue weighted by atomic mass is 79.9. The molecule has 3 heterocycles. The number of amides is 1. The monoisotopic (exact) mass is 438 g/mol. The van der Waals surface area contributed by atoms with Gasteiger partial charge in [0.15, 0.2) is 0 Å². The maximum absolute atomic E-state index is 12.3. The third-order valence-corrected chi connectivity index (χ3v) is 4.98. The van der Waals surface area contributed by atoms with Crippen LogP contribution in [0.4, 0.5) is 17.3 Å². The molecule has 0 unspecified atom stereocenters. The zero-order valence-corrected chi connectivity index (χ0v) is 16.7. The van der Waals surface area contributed by atoms with Crippen molar-refractivity contribution in [2.75, 3.05) is 41.3 Å². The van der Waals surface area contributed by atoms with E-state index in [-0.39, 0.29) is 5.91 Å². The lowest BCUT2D eigenvalue weighted by Crippen LogP contribution is -2.47. The van der Waals surface area contributed by atoms with Gasteiger partial charge in [-0.1, -0.05) is 18.2 Å². The van der Waals surface area contributed by atoms with Crippen LogP contribution in [0.3, 0.4) is 0 Å². The van der Waals surface area contributed by atoms with Crippen molar-refractivity contribution < 1.29 is 4.79 Å². The highest BCUT2D eigenvalue weighted by Crippen LogP contribution is 2.18. The minimum Gasteiger partial charge on any atom is -0.368 e. The Kier molecular flexibility index (Phi) is 5.48. The molecule has 28 heavy (non-hydrogen) atoms. The fraction of sp³-hybridized carbons (Fsp3) is 0.200. The van der Waals surface area contributed by atoms with Crippen molar-refractivity contribution in [2.45, 2.75) is 0 Å². The lowest BCUT2D eigenvalue weighted by molar-refractivity contribution is 0.102. The number of anilines is 3. The Labute approximate surface area is 171 Å². The molecule has 0 radical (unpaired) electrons. The summed E-state index contributed by atoms with van der Waals surface area (Å²) in [6.45, 7) is 3.54. The first-order chi connectivity index (χ1) is 13.7. The van der Waals surface area contributed by atoms with Crippen molar-refractivity contribution in [1.82, 2.24) is 15.0 Å². The summed E-state index contributed by atoms with van der Waals surface area (Å²) in [7, 11) is 0. The zero-order chi connectivity index (χ0) is 19.3. The van der Waals surface area contributed by atoms with E-state index in [1.54, 1.807) is 24.7 Å². The van der Waals surface area contributed by atoms with Gasteiger partial charge < -0.3 is 15.1 Å². The summed E-state index contributed by atoms with van der Waals surface area (Å²) >= 11 is 3.31. The SMILES string of the molecule is O=C(Nc1cnc(N2CCN(c3ccccc3)CC2)nc1)c1cncc(Br)c1. The Hall–Kier alpha value is -3.00. The van der Waals surface area contributed by atoms with Crippen LogP contribution >= 0.6 is 15.9 Å². The highest BCUT2D eigenvalue weighted by Gasteiger charge is 2.19. The maximum atomic E-state index is 12.3. The first-order valence-electron chi connectivity index (χ1n) is 8.98. The molecule has 3 aromatic rings. The summed E-state index contributed by atoms with van der Waals surface area (Å²) in [4.78, 5) is 29.6. The molecule has 1 aliphatic heterocycles. The predicted octanol–water partition coefficient (Wildman–Crippen LogP) is 3.21. The number of nitrogens with zero attached hydrogens (tertiary/aromatic N) is 5. The summed E-state index contributed by atoms with van der Waals surface area (Å²) < 4.78 is 0.751. The van der Waals surface area contributed by atoms with Crippen molar-refractivity contribution in [1.29, 1.82) is 0 Å². The molecule has 7 nitrogen and oxygen atoms in total. The third kappa shape index (κ3) is 4.28. The number of rotatable bonds is 4. The Morgan fingerprint density at radius 3 is 2.29 bits per heavy atom. The van der Waals surface area contributed by atoms with Crippen LogP contribution in [-0.2, 0) is 0 Å². The van der Waals surface area contributed by atoms with Gasteiger partial charge in [0.1, 0.15) is 0 Å². The van der Waals surface area contributed by atoms with Gasteiger partial charge in [-0.25, -0.2) is 9.97 Å². The second kappa shape index (κ2) is 8.35. The average molecular weight is 439 g/mol. The minimum absolute atomic E-state index is 0.248. The van der Waals surface area contributed by atoms with E-state index in [1.165, 1.54) is 11.9 Å². The number of carbonyl (C=O) groups is 1. The summed E-state index contributed by atoms with van der Waals surface area (Å²) in [5.74, 6) is 0.427. The number of benzene rings is 1. The molecule has 0 bridgehead atoms. The second-order valence-electron chi connectivity index (χ2n) is 6.43. The highest BCUT2D eigenvalue weighted by molar-refractivity contribution is 9.10. The minimum atomic E-state index is -0.248. The molecule has 1 fully saturated rings. The number of nitrogens with one attached hydrogen (secondary N) is 1. The number of hydrogen-bond donors (Lipinski definition) is 1. The summed E-state index contributed by atoms with van der Waals surface area (Å²) in [6, 6.07) is 12.1. The lowest BCUT2D eigenvalue weighted by Gasteiger charge is -2.36. The molecule has 0 aliphatic carbocycles. The van der Waals surface area contributed by atoms with E-state index in [0.29, 0.717) is 17.2 Å². The Morgan fingerprint density at radius 1 is 0.929 bits per heavy atom. The maximum Gasteiger partial charge on any atom is 0.257 e. The number of aromatic nitrogens is 3. The molecule has 1 saturated heterocycles. The Balaban J connectivity index is 1.35.